The number of hydrogen-bond acceptors (Lipinski definition) is 3. The van der Waals surface area contributed by atoms with Gasteiger partial charge >= 0.3 is 0 Å². The topological polar surface area (TPSA) is 24.5 Å². The minimum Gasteiger partial charge on any atom is -0.492 e. The summed E-state index contributed by atoms with van der Waals surface area (Å²) in [5.74, 6) is 0.969. The number of hydrogen-bond donors (Lipinski definition) is 1. The van der Waals surface area contributed by atoms with Crippen LogP contribution in [0.3, 0.4) is 0 Å². The number of para-hydroxylation sites is 1. The number of nitrogens with zero attached hydrogens (tertiary/aromatic N) is 1. The molecule has 94 valence electrons. The molecule has 1 aliphatic heterocycles. The fraction of sp³-hybridized carbons (Fsp3) is 0.571. The minimum absolute atomic E-state index is 0.694. The molecule has 1 unspecified atom stereocenters. The molecular weight excluding hydrogens is 212 g/mol. The van der Waals surface area contributed by atoms with Crippen LogP contribution in [-0.2, 0) is 0 Å². The maximum absolute atomic E-state index is 5.73. The van der Waals surface area contributed by atoms with Crippen molar-refractivity contribution in [1.29, 1.82) is 0 Å². The van der Waals surface area contributed by atoms with Gasteiger partial charge in [-0.1, -0.05) is 18.2 Å². The molecule has 0 bridgehead atoms. The summed E-state index contributed by atoms with van der Waals surface area (Å²) >= 11 is 0. The Hall–Kier alpha value is -1.06. The lowest BCUT2D eigenvalue weighted by molar-refractivity contribution is 0.195. The van der Waals surface area contributed by atoms with Crippen LogP contribution in [0.1, 0.15) is 12.8 Å². The van der Waals surface area contributed by atoms with E-state index in [1.165, 1.54) is 19.4 Å². The van der Waals surface area contributed by atoms with Crippen molar-refractivity contribution in [3.8, 4) is 5.75 Å². The van der Waals surface area contributed by atoms with Gasteiger partial charge in [0.05, 0.1) is 0 Å². The second-order valence-corrected chi connectivity index (χ2v) is 4.55. The predicted molar refractivity (Wildman–Crippen MR) is 70.5 cm³/mol. The van der Waals surface area contributed by atoms with Crippen LogP contribution in [0.25, 0.3) is 0 Å². The van der Waals surface area contributed by atoms with Crippen molar-refractivity contribution in [2.75, 3.05) is 33.3 Å². The van der Waals surface area contributed by atoms with Gasteiger partial charge in [-0.25, -0.2) is 0 Å². The molecule has 3 nitrogen and oxygen atoms in total. The van der Waals surface area contributed by atoms with E-state index >= 15 is 0 Å². The lowest BCUT2D eigenvalue weighted by atomic mass is 10.2. The maximum atomic E-state index is 5.73. The van der Waals surface area contributed by atoms with E-state index in [1.54, 1.807) is 0 Å². The molecule has 1 heterocycles. The molecule has 1 atom stereocenters. The Bertz CT molecular complexity index is 315. The molecule has 1 aromatic rings. The largest absolute Gasteiger partial charge is 0.492 e. The number of ether oxygens (including phenoxy) is 1. The smallest absolute Gasteiger partial charge is 0.119 e. The molecule has 1 saturated heterocycles. The van der Waals surface area contributed by atoms with Crippen molar-refractivity contribution in [3.63, 3.8) is 0 Å². The van der Waals surface area contributed by atoms with Gasteiger partial charge in [0.2, 0.25) is 0 Å². The van der Waals surface area contributed by atoms with Gasteiger partial charge in [0.25, 0.3) is 0 Å². The van der Waals surface area contributed by atoms with Crippen LogP contribution < -0.4 is 10.1 Å². The number of likely N-dealkylation sites (N-methyl/N-ethyl adjacent to an activating group) is 1. The first-order valence-corrected chi connectivity index (χ1v) is 6.46. The molecule has 0 radical (unpaired) electrons. The van der Waals surface area contributed by atoms with Crippen molar-refractivity contribution >= 4 is 0 Å². The molecule has 0 saturated carbocycles. The second kappa shape index (κ2) is 6.62. The number of nitrogens with one attached hydrogen (secondary N) is 1. The molecule has 0 amide bonds. The van der Waals surface area contributed by atoms with Crippen LogP contribution >= 0.6 is 0 Å². The quantitative estimate of drug-likeness (QED) is 0.811. The highest BCUT2D eigenvalue weighted by atomic mass is 16.5. The molecule has 1 fully saturated rings. The maximum Gasteiger partial charge on any atom is 0.119 e. The monoisotopic (exact) mass is 234 g/mol. The van der Waals surface area contributed by atoms with Gasteiger partial charge in [-0.3, -0.25) is 4.90 Å². The molecule has 0 aliphatic carbocycles. The summed E-state index contributed by atoms with van der Waals surface area (Å²) in [7, 11) is 2.02. The first-order chi connectivity index (χ1) is 8.40. The lowest BCUT2D eigenvalue weighted by Crippen LogP contribution is -2.38. The third-order valence-electron chi connectivity index (χ3n) is 3.33. The van der Waals surface area contributed by atoms with Gasteiger partial charge in [-0.2, -0.15) is 0 Å². The Labute approximate surface area is 104 Å². The van der Waals surface area contributed by atoms with Crippen LogP contribution in [-0.4, -0.2) is 44.2 Å². The molecule has 0 spiro atoms. The summed E-state index contributed by atoms with van der Waals surface area (Å²) < 4.78 is 5.73. The van der Waals surface area contributed by atoms with Crippen molar-refractivity contribution in [2.24, 2.45) is 0 Å². The summed E-state index contributed by atoms with van der Waals surface area (Å²) in [6.45, 7) is 4.11. The Morgan fingerprint density at radius 2 is 2.18 bits per heavy atom. The molecule has 1 aliphatic rings. The van der Waals surface area contributed by atoms with Crippen molar-refractivity contribution < 1.29 is 4.74 Å². The highest BCUT2D eigenvalue weighted by molar-refractivity contribution is 5.20. The van der Waals surface area contributed by atoms with Crippen LogP contribution in [0.4, 0.5) is 0 Å². The first-order valence-electron chi connectivity index (χ1n) is 6.46. The zero-order valence-electron chi connectivity index (χ0n) is 10.6. The second-order valence-electron chi connectivity index (χ2n) is 4.55. The van der Waals surface area contributed by atoms with Crippen molar-refractivity contribution in [1.82, 2.24) is 10.2 Å². The van der Waals surface area contributed by atoms with E-state index in [0.717, 1.165) is 25.4 Å². The standard InChI is InChI=1S/C14H22N2O/c1-15-12-13-6-5-9-16(13)10-11-17-14-7-3-2-4-8-14/h2-4,7-8,13,15H,5-6,9-12H2,1H3. The molecule has 1 aromatic carbocycles. The van der Waals surface area contributed by atoms with Crippen LogP contribution in [0, 0.1) is 0 Å². The highest BCUT2D eigenvalue weighted by Crippen LogP contribution is 2.16. The minimum atomic E-state index is 0.694. The van der Waals surface area contributed by atoms with E-state index in [-0.39, 0.29) is 0 Å². The van der Waals surface area contributed by atoms with Crippen molar-refractivity contribution in [3.05, 3.63) is 30.3 Å². The Balaban J connectivity index is 1.71. The van der Waals surface area contributed by atoms with Gasteiger partial charge < -0.3 is 10.1 Å². The fourth-order valence-corrected chi connectivity index (χ4v) is 2.45. The Morgan fingerprint density at radius 1 is 1.35 bits per heavy atom. The zero-order valence-corrected chi connectivity index (χ0v) is 10.6. The van der Waals surface area contributed by atoms with E-state index in [4.69, 9.17) is 4.74 Å². The molecule has 17 heavy (non-hydrogen) atoms. The fourth-order valence-electron chi connectivity index (χ4n) is 2.45. The van der Waals surface area contributed by atoms with Gasteiger partial charge in [0, 0.05) is 19.1 Å². The van der Waals surface area contributed by atoms with E-state index in [9.17, 15) is 0 Å². The van der Waals surface area contributed by atoms with E-state index in [1.807, 2.05) is 37.4 Å². The van der Waals surface area contributed by atoms with E-state index in [2.05, 4.69) is 10.2 Å². The van der Waals surface area contributed by atoms with Crippen LogP contribution in [0.2, 0.25) is 0 Å². The Kier molecular flexibility index (Phi) is 4.83. The van der Waals surface area contributed by atoms with Gasteiger partial charge in [-0.15, -0.1) is 0 Å². The number of likely N-dealkylation sites (tertiary alicyclic amines) is 1. The van der Waals surface area contributed by atoms with Gasteiger partial charge in [0.15, 0.2) is 0 Å². The third kappa shape index (κ3) is 3.72. The molecule has 0 aromatic heterocycles. The average Bonchev–Trinajstić information content (AvgIpc) is 2.79. The summed E-state index contributed by atoms with van der Waals surface area (Å²) in [6, 6.07) is 10.7. The number of rotatable bonds is 6. The first kappa shape index (κ1) is 12.4. The summed E-state index contributed by atoms with van der Waals surface area (Å²) in [5, 5.41) is 3.27. The lowest BCUT2D eigenvalue weighted by Gasteiger charge is -2.24. The molecule has 2 rings (SSSR count). The highest BCUT2D eigenvalue weighted by Gasteiger charge is 2.23. The van der Waals surface area contributed by atoms with Crippen LogP contribution in [0.15, 0.2) is 30.3 Å². The average molecular weight is 234 g/mol. The van der Waals surface area contributed by atoms with E-state index < -0.39 is 0 Å². The van der Waals surface area contributed by atoms with Crippen LogP contribution in [0.5, 0.6) is 5.75 Å². The summed E-state index contributed by atoms with van der Waals surface area (Å²) in [6.07, 6.45) is 2.63. The summed E-state index contributed by atoms with van der Waals surface area (Å²) in [4.78, 5) is 2.53. The predicted octanol–water partition coefficient (Wildman–Crippen LogP) is 1.75. The van der Waals surface area contributed by atoms with Gasteiger partial charge in [0.1, 0.15) is 12.4 Å². The number of benzene rings is 1. The molecule has 3 heteroatoms. The zero-order chi connectivity index (χ0) is 11.9. The third-order valence-corrected chi connectivity index (χ3v) is 3.33. The summed E-state index contributed by atoms with van der Waals surface area (Å²) in [5.41, 5.74) is 0. The molecular formula is C14H22N2O. The van der Waals surface area contributed by atoms with Gasteiger partial charge in [-0.05, 0) is 38.6 Å². The Morgan fingerprint density at radius 3 is 2.94 bits per heavy atom. The SMILES string of the molecule is CNCC1CCCN1CCOc1ccccc1. The van der Waals surface area contributed by atoms with Crippen molar-refractivity contribution in [2.45, 2.75) is 18.9 Å². The van der Waals surface area contributed by atoms with E-state index in [0.29, 0.717) is 6.04 Å². The normalized spacial score (nSPS) is 20.6. The molecule has 1 N–H and O–H groups in total.